The zero-order valence-corrected chi connectivity index (χ0v) is 15.3. The minimum Gasteiger partial charge on any atom is -0.465 e. The van der Waals surface area contributed by atoms with E-state index in [2.05, 4.69) is 0 Å². The maximum Gasteiger partial charge on any atom is 0.326 e. The quantitative estimate of drug-likeness (QED) is 0.713. The van der Waals surface area contributed by atoms with E-state index in [9.17, 15) is 17.6 Å². The molecule has 0 saturated heterocycles. The minimum atomic E-state index is -4.15. The van der Waals surface area contributed by atoms with Crippen LogP contribution < -0.4 is 4.31 Å². The van der Waals surface area contributed by atoms with Crippen molar-refractivity contribution in [3.63, 3.8) is 0 Å². The van der Waals surface area contributed by atoms with Gasteiger partial charge in [0.1, 0.15) is 17.3 Å². The Labute approximate surface area is 151 Å². The molecule has 0 radical (unpaired) electrons. The largest absolute Gasteiger partial charge is 0.465 e. The van der Waals surface area contributed by atoms with Crippen LogP contribution in [0.15, 0.2) is 47.4 Å². The fourth-order valence-corrected chi connectivity index (χ4v) is 4.17. The standard InChI is InChI=1S/C17H17ClFNO4S/c1-3-24-17(21)11-20(14-7-5-13(19)6-8-14)25(22,23)16-9-4-12(2)10-15(16)18/h4-10H,3,11H2,1-2H3. The van der Waals surface area contributed by atoms with Crippen LogP contribution in [0.5, 0.6) is 0 Å². The third-order valence-electron chi connectivity index (χ3n) is 3.35. The molecule has 134 valence electrons. The number of esters is 1. The molecule has 0 bridgehead atoms. The van der Waals surface area contributed by atoms with E-state index in [1.165, 1.54) is 24.3 Å². The summed E-state index contributed by atoms with van der Waals surface area (Å²) in [4.78, 5) is 11.7. The van der Waals surface area contributed by atoms with Crippen LogP contribution in [-0.4, -0.2) is 27.5 Å². The highest BCUT2D eigenvalue weighted by Crippen LogP contribution is 2.29. The number of halogens is 2. The van der Waals surface area contributed by atoms with Crippen LogP contribution >= 0.6 is 11.6 Å². The van der Waals surface area contributed by atoms with E-state index >= 15 is 0 Å². The first-order valence-corrected chi connectivity index (χ1v) is 9.27. The van der Waals surface area contributed by atoms with Crippen molar-refractivity contribution < 1.29 is 22.3 Å². The normalized spacial score (nSPS) is 11.2. The SMILES string of the molecule is CCOC(=O)CN(c1ccc(F)cc1)S(=O)(=O)c1ccc(C)cc1Cl. The number of hydrogen-bond acceptors (Lipinski definition) is 4. The number of sulfonamides is 1. The van der Waals surface area contributed by atoms with Gasteiger partial charge in [-0.2, -0.15) is 0 Å². The lowest BCUT2D eigenvalue weighted by Crippen LogP contribution is -2.36. The lowest BCUT2D eigenvalue weighted by Gasteiger charge is -2.24. The first kappa shape index (κ1) is 19.2. The van der Waals surface area contributed by atoms with Gasteiger partial charge in [-0.3, -0.25) is 9.10 Å². The molecule has 0 aliphatic rings. The van der Waals surface area contributed by atoms with Gasteiger partial charge in [-0.1, -0.05) is 17.7 Å². The van der Waals surface area contributed by atoms with Crippen molar-refractivity contribution in [1.82, 2.24) is 0 Å². The van der Waals surface area contributed by atoms with Gasteiger partial charge in [-0.15, -0.1) is 0 Å². The Bertz CT molecular complexity index is 869. The summed E-state index contributed by atoms with van der Waals surface area (Å²) in [6.07, 6.45) is 0. The van der Waals surface area contributed by atoms with E-state index in [4.69, 9.17) is 16.3 Å². The fraction of sp³-hybridized carbons (Fsp3) is 0.235. The number of ether oxygens (including phenoxy) is 1. The molecule has 0 saturated carbocycles. The summed E-state index contributed by atoms with van der Waals surface area (Å²) < 4.78 is 44.9. The van der Waals surface area contributed by atoms with Gasteiger partial charge < -0.3 is 4.74 Å². The van der Waals surface area contributed by atoms with Crippen LogP contribution in [0.4, 0.5) is 10.1 Å². The van der Waals surface area contributed by atoms with Crippen molar-refractivity contribution in [2.24, 2.45) is 0 Å². The van der Waals surface area contributed by atoms with Crippen LogP contribution in [-0.2, 0) is 19.6 Å². The summed E-state index contributed by atoms with van der Waals surface area (Å²) in [6.45, 7) is 2.96. The number of carbonyl (C=O) groups is 1. The number of nitrogens with zero attached hydrogens (tertiary/aromatic N) is 1. The third-order valence-corrected chi connectivity index (χ3v) is 5.60. The van der Waals surface area contributed by atoms with Gasteiger partial charge in [0, 0.05) is 0 Å². The first-order chi connectivity index (χ1) is 11.8. The van der Waals surface area contributed by atoms with Crippen LogP contribution in [0.25, 0.3) is 0 Å². The van der Waals surface area contributed by atoms with Crippen LogP contribution in [0.1, 0.15) is 12.5 Å². The van der Waals surface area contributed by atoms with Gasteiger partial charge in [-0.25, -0.2) is 12.8 Å². The molecule has 2 aromatic carbocycles. The Morgan fingerprint density at radius 2 is 1.84 bits per heavy atom. The molecule has 0 aromatic heterocycles. The van der Waals surface area contributed by atoms with Crippen molar-refractivity contribution in [3.8, 4) is 0 Å². The van der Waals surface area contributed by atoms with Gasteiger partial charge in [0.25, 0.3) is 10.0 Å². The second-order valence-electron chi connectivity index (χ2n) is 5.23. The van der Waals surface area contributed by atoms with Gasteiger partial charge in [-0.05, 0) is 55.8 Å². The van der Waals surface area contributed by atoms with E-state index in [0.29, 0.717) is 0 Å². The van der Waals surface area contributed by atoms with E-state index < -0.39 is 28.4 Å². The van der Waals surface area contributed by atoms with Crippen molar-refractivity contribution in [2.75, 3.05) is 17.5 Å². The Morgan fingerprint density at radius 3 is 2.40 bits per heavy atom. The molecule has 5 nitrogen and oxygen atoms in total. The number of anilines is 1. The van der Waals surface area contributed by atoms with Crippen LogP contribution in [0.2, 0.25) is 5.02 Å². The molecule has 0 fully saturated rings. The monoisotopic (exact) mass is 385 g/mol. The molecule has 0 aliphatic heterocycles. The molecule has 2 rings (SSSR count). The Kier molecular flexibility index (Phi) is 6.02. The zero-order valence-electron chi connectivity index (χ0n) is 13.7. The van der Waals surface area contributed by atoms with Crippen molar-refractivity contribution in [1.29, 1.82) is 0 Å². The minimum absolute atomic E-state index is 0.0379. The molecule has 0 unspecified atom stereocenters. The smallest absolute Gasteiger partial charge is 0.326 e. The molecular weight excluding hydrogens is 369 g/mol. The summed E-state index contributed by atoms with van der Waals surface area (Å²) in [7, 11) is -4.15. The zero-order chi connectivity index (χ0) is 18.6. The fourth-order valence-electron chi connectivity index (χ4n) is 2.18. The Hall–Kier alpha value is -2.12. The average molecular weight is 386 g/mol. The van der Waals surface area contributed by atoms with Crippen LogP contribution in [0.3, 0.4) is 0 Å². The summed E-state index contributed by atoms with van der Waals surface area (Å²) >= 11 is 6.09. The van der Waals surface area contributed by atoms with E-state index in [1.54, 1.807) is 19.9 Å². The van der Waals surface area contributed by atoms with Crippen molar-refractivity contribution in [3.05, 3.63) is 58.9 Å². The lowest BCUT2D eigenvalue weighted by molar-refractivity contribution is -0.141. The van der Waals surface area contributed by atoms with Gasteiger partial charge in [0.15, 0.2) is 0 Å². The van der Waals surface area contributed by atoms with Gasteiger partial charge in [0.2, 0.25) is 0 Å². The topological polar surface area (TPSA) is 63.7 Å². The summed E-state index contributed by atoms with van der Waals surface area (Å²) in [6, 6.07) is 9.25. The molecule has 0 N–H and O–H groups in total. The Morgan fingerprint density at radius 1 is 1.20 bits per heavy atom. The lowest BCUT2D eigenvalue weighted by atomic mass is 10.2. The maximum absolute atomic E-state index is 13.2. The second-order valence-corrected chi connectivity index (χ2v) is 7.46. The molecule has 0 amide bonds. The van der Waals surface area contributed by atoms with E-state index in [0.717, 1.165) is 22.0 Å². The van der Waals surface area contributed by atoms with Gasteiger partial charge in [0.05, 0.1) is 17.3 Å². The Balaban J connectivity index is 2.52. The molecule has 2 aromatic rings. The predicted octanol–water partition coefficient (Wildman–Crippen LogP) is 3.55. The summed E-state index contributed by atoms with van der Waals surface area (Å²) in [5.41, 5.74) is 0.925. The number of hydrogen-bond donors (Lipinski definition) is 0. The predicted molar refractivity (Wildman–Crippen MR) is 93.8 cm³/mol. The molecule has 8 heteroatoms. The number of benzene rings is 2. The van der Waals surface area contributed by atoms with Crippen molar-refractivity contribution in [2.45, 2.75) is 18.7 Å². The second kappa shape index (κ2) is 7.84. The molecule has 0 atom stereocenters. The first-order valence-electron chi connectivity index (χ1n) is 7.45. The number of aryl methyl sites for hydroxylation is 1. The van der Waals surface area contributed by atoms with Crippen LogP contribution in [0, 0.1) is 12.7 Å². The average Bonchev–Trinajstić information content (AvgIpc) is 2.53. The molecule has 0 spiro atoms. The highest BCUT2D eigenvalue weighted by Gasteiger charge is 2.29. The number of rotatable bonds is 6. The summed E-state index contributed by atoms with van der Waals surface area (Å²) in [5.74, 6) is -1.25. The van der Waals surface area contributed by atoms with Gasteiger partial charge >= 0.3 is 5.97 Å². The molecule has 25 heavy (non-hydrogen) atoms. The molecular formula is C17H17ClFNO4S. The summed E-state index contributed by atoms with van der Waals surface area (Å²) in [5, 5.41) is 0.0379. The molecule has 0 heterocycles. The molecule has 0 aliphatic carbocycles. The highest BCUT2D eigenvalue weighted by molar-refractivity contribution is 7.93. The number of carbonyl (C=O) groups excluding carboxylic acids is 1. The maximum atomic E-state index is 13.2. The third kappa shape index (κ3) is 4.49. The highest BCUT2D eigenvalue weighted by atomic mass is 35.5. The van der Waals surface area contributed by atoms with E-state index in [1.807, 2.05) is 0 Å². The van der Waals surface area contributed by atoms with E-state index in [-0.39, 0.29) is 22.2 Å². The van der Waals surface area contributed by atoms with Crippen molar-refractivity contribution >= 4 is 33.3 Å².